The molecule has 1 saturated carbocycles. The molecular formula is C28H33FN8. The third-order valence-electron chi connectivity index (χ3n) is 8.29. The largest absolute Gasteiger partial charge is 0.356 e. The number of aryl methyl sites for hydroxylation is 3. The van der Waals surface area contributed by atoms with E-state index >= 15 is 4.39 Å². The molecule has 0 unspecified atom stereocenters. The van der Waals surface area contributed by atoms with E-state index in [1.54, 1.807) is 4.68 Å². The number of hydrogen-bond acceptors (Lipinski definition) is 6. The molecule has 1 aliphatic carbocycles. The van der Waals surface area contributed by atoms with E-state index < -0.39 is 0 Å². The number of rotatable bonds is 4. The van der Waals surface area contributed by atoms with Crippen LogP contribution in [0.2, 0.25) is 0 Å². The number of H-pyrrole nitrogens is 1. The summed E-state index contributed by atoms with van der Waals surface area (Å²) >= 11 is 0. The van der Waals surface area contributed by atoms with Crippen LogP contribution in [0.15, 0.2) is 12.1 Å². The standard InChI is InChI=1S/C28H33FN8/c1-16-7-10-21-23(17(2)32-33-21)22(16)26-30-20-11-14-37(28-24(29)25(18-8-9-18)34-35(28)3)15-19(20)27(31-26)36-12-5-4-6-13-36/h7,10,18H,4-6,8-9,11-15H2,1-3H3,(H,32,33). The fourth-order valence-corrected chi connectivity index (χ4v) is 6.19. The van der Waals surface area contributed by atoms with Crippen molar-refractivity contribution < 1.29 is 4.39 Å². The Morgan fingerprint density at radius 1 is 1.00 bits per heavy atom. The molecule has 37 heavy (non-hydrogen) atoms. The molecule has 3 aliphatic rings. The third-order valence-corrected chi connectivity index (χ3v) is 8.29. The van der Waals surface area contributed by atoms with E-state index in [1.807, 2.05) is 14.0 Å². The molecule has 0 amide bonds. The van der Waals surface area contributed by atoms with Gasteiger partial charge in [0.05, 0.1) is 16.9 Å². The zero-order valence-electron chi connectivity index (χ0n) is 21.8. The fraction of sp³-hybridized carbons (Fsp3) is 0.500. The number of halogens is 1. The second-order valence-electron chi connectivity index (χ2n) is 10.9. The highest BCUT2D eigenvalue weighted by atomic mass is 19.1. The number of nitrogens with zero attached hydrogens (tertiary/aromatic N) is 7. The van der Waals surface area contributed by atoms with Gasteiger partial charge in [-0.2, -0.15) is 10.2 Å². The van der Waals surface area contributed by atoms with Gasteiger partial charge in [0.1, 0.15) is 11.5 Å². The van der Waals surface area contributed by atoms with Crippen LogP contribution in [0.5, 0.6) is 0 Å². The first-order valence-corrected chi connectivity index (χ1v) is 13.6. The Hall–Kier alpha value is -3.49. The Kier molecular flexibility index (Phi) is 5.23. The van der Waals surface area contributed by atoms with E-state index in [0.29, 0.717) is 24.6 Å². The van der Waals surface area contributed by atoms with Gasteiger partial charge < -0.3 is 9.80 Å². The molecule has 0 atom stereocenters. The number of anilines is 2. The van der Waals surface area contributed by atoms with Gasteiger partial charge in [-0.25, -0.2) is 19.0 Å². The fourth-order valence-electron chi connectivity index (χ4n) is 6.19. The maximum absolute atomic E-state index is 15.5. The van der Waals surface area contributed by atoms with Crippen LogP contribution in [-0.2, 0) is 20.0 Å². The Morgan fingerprint density at radius 2 is 1.81 bits per heavy atom. The normalized spacial score (nSPS) is 18.1. The van der Waals surface area contributed by atoms with Crippen molar-refractivity contribution in [3.8, 4) is 11.4 Å². The van der Waals surface area contributed by atoms with E-state index in [9.17, 15) is 0 Å². The lowest BCUT2D eigenvalue weighted by Gasteiger charge is -2.35. The molecule has 0 spiro atoms. The van der Waals surface area contributed by atoms with Crippen LogP contribution in [0.1, 0.15) is 66.2 Å². The van der Waals surface area contributed by atoms with Crippen molar-refractivity contribution in [2.45, 2.75) is 64.8 Å². The van der Waals surface area contributed by atoms with Gasteiger partial charge in [0, 0.05) is 62.1 Å². The first-order chi connectivity index (χ1) is 18.0. The third kappa shape index (κ3) is 3.69. The van der Waals surface area contributed by atoms with Crippen LogP contribution in [0.25, 0.3) is 22.3 Å². The second-order valence-corrected chi connectivity index (χ2v) is 10.9. The number of nitrogens with one attached hydrogen (secondary N) is 1. The van der Waals surface area contributed by atoms with Crippen molar-refractivity contribution in [3.63, 3.8) is 0 Å². The number of piperidine rings is 1. The van der Waals surface area contributed by atoms with Crippen LogP contribution in [0.3, 0.4) is 0 Å². The predicted molar refractivity (Wildman–Crippen MR) is 143 cm³/mol. The Balaban J connectivity index is 1.35. The Bertz CT molecular complexity index is 1510. The Labute approximate surface area is 215 Å². The minimum Gasteiger partial charge on any atom is -0.356 e. The molecular weight excluding hydrogens is 467 g/mol. The molecule has 1 aromatic carbocycles. The van der Waals surface area contributed by atoms with E-state index in [-0.39, 0.29) is 11.7 Å². The molecule has 8 nitrogen and oxygen atoms in total. The second kappa shape index (κ2) is 8.53. The highest BCUT2D eigenvalue weighted by Crippen LogP contribution is 2.43. The van der Waals surface area contributed by atoms with Crippen molar-refractivity contribution in [1.82, 2.24) is 29.9 Å². The average Bonchev–Trinajstić information content (AvgIpc) is 3.63. The molecule has 5 heterocycles. The molecule has 4 aromatic rings. The summed E-state index contributed by atoms with van der Waals surface area (Å²) in [4.78, 5) is 15.0. The molecule has 9 heteroatoms. The van der Waals surface area contributed by atoms with Gasteiger partial charge in [-0.15, -0.1) is 0 Å². The number of aromatic amines is 1. The molecule has 2 aliphatic heterocycles. The molecule has 7 rings (SSSR count). The summed E-state index contributed by atoms with van der Waals surface area (Å²) in [6, 6.07) is 4.19. The SMILES string of the molecule is Cc1ccc2[nH]nc(C)c2c1-c1nc2c(c(N3CCCCC3)n1)CN(c1c(F)c(C3CC3)nn1C)CC2. The average molecular weight is 501 g/mol. The number of benzene rings is 1. The minimum atomic E-state index is -0.150. The van der Waals surface area contributed by atoms with E-state index in [2.05, 4.69) is 44.2 Å². The van der Waals surface area contributed by atoms with Crippen molar-refractivity contribution in [3.05, 3.63) is 46.2 Å². The highest BCUT2D eigenvalue weighted by molar-refractivity contribution is 5.96. The summed E-state index contributed by atoms with van der Waals surface area (Å²) in [5, 5.41) is 13.3. The predicted octanol–water partition coefficient (Wildman–Crippen LogP) is 4.94. The minimum absolute atomic E-state index is 0.150. The number of hydrogen-bond donors (Lipinski definition) is 1. The van der Waals surface area contributed by atoms with Crippen molar-refractivity contribution >= 4 is 22.5 Å². The first kappa shape index (κ1) is 22.7. The van der Waals surface area contributed by atoms with Crippen molar-refractivity contribution in [2.75, 3.05) is 29.4 Å². The molecule has 1 saturated heterocycles. The van der Waals surface area contributed by atoms with Crippen LogP contribution in [-0.4, -0.2) is 49.6 Å². The summed E-state index contributed by atoms with van der Waals surface area (Å²) in [5.74, 6) is 2.50. The quantitative estimate of drug-likeness (QED) is 0.428. The van der Waals surface area contributed by atoms with Gasteiger partial charge >= 0.3 is 0 Å². The van der Waals surface area contributed by atoms with Crippen LogP contribution < -0.4 is 9.80 Å². The number of fused-ring (bicyclic) bond motifs is 2. The number of aromatic nitrogens is 6. The summed E-state index contributed by atoms with van der Waals surface area (Å²) in [5.41, 5.74) is 6.98. The lowest BCUT2D eigenvalue weighted by Crippen LogP contribution is -2.37. The van der Waals surface area contributed by atoms with Crippen molar-refractivity contribution in [2.24, 2.45) is 7.05 Å². The zero-order chi connectivity index (χ0) is 25.3. The topological polar surface area (TPSA) is 78.8 Å². The van der Waals surface area contributed by atoms with Gasteiger partial charge in [0.25, 0.3) is 0 Å². The maximum Gasteiger partial charge on any atom is 0.188 e. The summed E-state index contributed by atoms with van der Waals surface area (Å²) in [7, 11) is 1.86. The van der Waals surface area contributed by atoms with Gasteiger partial charge in [-0.3, -0.25) is 5.10 Å². The van der Waals surface area contributed by atoms with Crippen LogP contribution in [0, 0.1) is 19.7 Å². The lowest BCUT2D eigenvalue weighted by molar-refractivity contribution is 0.564. The Morgan fingerprint density at radius 3 is 2.59 bits per heavy atom. The van der Waals surface area contributed by atoms with Gasteiger partial charge in [0.2, 0.25) is 0 Å². The summed E-state index contributed by atoms with van der Waals surface area (Å²) in [6.07, 6.45) is 6.39. The molecule has 1 N–H and O–H groups in total. The van der Waals surface area contributed by atoms with E-state index in [0.717, 1.165) is 95.8 Å². The van der Waals surface area contributed by atoms with Crippen molar-refractivity contribution in [1.29, 1.82) is 0 Å². The lowest BCUT2D eigenvalue weighted by atomic mass is 9.99. The monoisotopic (exact) mass is 500 g/mol. The van der Waals surface area contributed by atoms with Gasteiger partial charge in [-0.1, -0.05) is 6.07 Å². The summed E-state index contributed by atoms with van der Waals surface area (Å²) < 4.78 is 17.2. The summed E-state index contributed by atoms with van der Waals surface area (Å²) in [6.45, 7) is 7.43. The zero-order valence-corrected chi connectivity index (χ0v) is 21.8. The molecule has 2 fully saturated rings. The molecule has 192 valence electrons. The van der Waals surface area contributed by atoms with Crippen LogP contribution in [0.4, 0.5) is 16.0 Å². The van der Waals surface area contributed by atoms with E-state index in [1.165, 1.54) is 6.42 Å². The van der Waals surface area contributed by atoms with Gasteiger partial charge in [0.15, 0.2) is 17.5 Å². The molecule has 0 bridgehead atoms. The molecule has 0 radical (unpaired) electrons. The highest BCUT2D eigenvalue weighted by Gasteiger charge is 2.35. The smallest absolute Gasteiger partial charge is 0.188 e. The van der Waals surface area contributed by atoms with Crippen LogP contribution >= 0.6 is 0 Å². The first-order valence-electron chi connectivity index (χ1n) is 13.6. The maximum atomic E-state index is 15.5. The molecule has 3 aromatic heterocycles. The van der Waals surface area contributed by atoms with E-state index in [4.69, 9.17) is 9.97 Å². The van der Waals surface area contributed by atoms with Gasteiger partial charge in [-0.05, 0) is 57.6 Å².